The van der Waals surface area contributed by atoms with Crippen LogP contribution in [0.15, 0.2) is 30.6 Å². The molecule has 1 aromatic carbocycles. The van der Waals surface area contributed by atoms with E-state index in [0.29, 0.717) is 10.6 Å². The number of carboxylic acids is 1. The third kappa shape index (κ3) is 3.53. The number of carbonyl (C=O) groups is 2. The van der Waals surface area contributed by atoms with Crippen LogP contribution in [0, 0.1) is 0 Å². The molecular weight excluding hydrogens is 317 g/mol. The number of aryl methyl sites for hydroxylation is 1. The summed E-state index contributed by atoms with van der Waals surface area (Å²) in [5, 5.41) is 16.1. The van der Waals surface area contributed by atoms with E-state index in [1.54, 1.807) is 7.05 Å². The molecule has 8 heteroatoms. The van der Waals surface area contributed by atoms with Crippen LogP contribution < -0.4 is 5.32 Å². The highest BCUT2D eigenvalue weighted by atomic mass is 35.5. The molecule has 0 radical (unpaired) electrons. The molecule has 1 amide bonds. The first-order valence-electron chi connectivity index (χ1n) is 5.85. The van der Waals surface area contributed by atoms with E-state index in [2.05, 4.69) is 10.4 Å². The van der Waals surface area contributed by atoms with Crippen LogP contribution in [0.5, 0.6) is 0 Å². The van der Waals surface area contributed by atoms with Crippen LogP contribution in [0.2, 0.25) is 10.0 Å². The van der Waals surface area contributed by atoms with Crippen molar-refractivity contribution in [2.75, 3.05) is 0 Å². The van der Waals surface area contributed by atoms with Crippen molar-refractivity contribution >= 4 is 35.1 Å². The second kappa shape index (κ2) is 6.15. The third-order valence-electron chi connectivity index (χ3n) is 2.76. The molecule has 0 aliphatic heterocycles. The Morgan fingerprint density at radius 1 is 1.33 bits per heavy atom. The van der Waals surface area contributed by atoms with Gasteiger partial charge in [0.1, 0.15) is 0 Å². The number of amides is 1. The second-order valence-corrected chi connectivity index (χ2v) is 5.14. The van der Waals surface area contributed by atoms with Crippen LogP contribution in [0.1, 0.15) is 22.0 Å². The van der Waals surface area contributed by atoms with Gasteiger partial charge in [-0.3, -0.25) is 9.48 Å². The van der Waals surface area contributed by atoms with Crippen molar-refractivity contribution in [3.05, 3.63) is 51.8 Å². The molecular formula is C13H11Cl2N3O3. The Morgan fingerprint density at radius 2 is 2.05 bits per heavy atom. The van der Waals surface area contributed by atoms with Gasteiger partial charge in [-0.25, -0.2) is 4.79 Å². The Balaban J connectivity index is 2.22. The lowest BCUT2D eigenvalue weighted by molar-refractivity contribution is -0.139. The standard InChI is InChI=1S/C13H11Cl2N3O3/c1-18-6-8(5-16-18)11(13(20)21)17-12(19)7-2-3-9(14)10(15)4-7/h2-6,11H,1H3,(H,17,19)(H,20,21). The Hall–Kier alpha value is -2.05. The summed E-state index contributed by atoms with van der Waals surface area (Å²) in [6.07, 6.45) is 2.90. The van der Waals surface area contributed by atoms with E-state index in [4.69, 9.17) is 23.2 Å². The third-order valence-corrected chi connectivity index (χ3v) is 3.50. The molecule has 21 heavy (non-hydrogen) atoms. The number of benzene rings is 1. The molecule has 0 aliphatic carbocycles. The molecule has 0 spiro atoms. The molecule has 1 heterocycles. The van der Waals surface area contributed by atoms with Gasteiger partial charge in [0.2, 0.25) is 0 Å². The van der Waals surface area contributed by atoms with Crippen LogP contribution >= 0.6 is 23.2 Å². The minimum atomic E-state index is -1.19. The zero-order valence-electron chi connectivity index (χ0n) is 10.9. The van der Waals surface area contributed by atoms with Crippen molar-refractivity contribution in [2.45, 2.75) is 6.04 Å². The van der Waals surface area contributed by atoms with Crippen molar-refractivity contribution in [2.24, 2.45) is 7.05 Å². The number of hydrogen-bond donors (Lipinski definition) is 2. The summed E-state index contributed by atoms with van der Waals surface area (Å²) in [5.74, 6) is -1.75. The number of aromatic nitrogens is 2. The number of rotatable bonds is 4. The molecule has 2 N–H and O–H groups in total. The summed E-state index contributed by atoms with van der Waals surface area (Å²) in [6.45, 7) is 0. The topological polar surface area (TPSA) is 84.2 Å². The first-order chi connectivity index (χ1) is 9.88. The van der Waals surface area contributed by atoms with Crippen LogP contribution in [-0.4, -0.2) is 26.8 Å². The van der Waals surface area contributed by atoms with Gasteiger partial charge in [-0.1, -0.05) is 23.2 Å². The van der Waals surface area contributed by atoms with Crippen LogP contribution in [-0.2, 0) is 11.8 Å². The lowest BCUT2D eigenvalue weighted by Crippen LogP contribution is -2.33. The summed E-state index contributed by atoms with van der Waals surface area (Å²) in [5.41, 5.74) is 0.595. The van der Waals surface area contributed by atoms with Crippen molar-refractivity contribution < 1.29 is 14.7 Å². The largest absolute Gasteiger partial charge is 0.479 e. The van der Waals surface area contributed by atoms with E-state index in [1.807, 2.05) is 0 Å². The second-order valence-electron chi connectivity index (χ2n) is 4.32. The fourth-order valence-electron chi connectivity index (χ4n) is 1.73. The first-order valence-corrected chi connectivity index (χ1v) is 6.61. The lowest BCUT2D eigenvalue weighted by Gasteiger charge is -2.13. The minimum absolute atomic E-state index is 0.220. The minimum Gasteiger partial charge on any atom is -0.479 e. The lowest BCUT2D eigenvalue weighted by atomic mass is 10.1. The fraction of sp³-hybridized carbons (Fsp3) is 0.154. The smallest absolute Gasteiger partial charge is 0.331 e. The average Bonchev–Trinajstić information content (AvgIpc) is 2.84. The summed E-state index contributed by atoms with van der Waals surface area (Å²) >= 11 is 11.6. The van der Waals surface area contributed by atoms with Crippen molar-refractivity contribution in [1.29, 1.82) is 0 Å². The van der Waals surface area contributed by atoms with E-state index >= 15 is 0 Å². The van der Waals surface area contributed by atoms with Crippen LogP contribution in [0.25, 0.3) is 0 Å². The number of aliphatic carboxylic acids is 1. The van der Waals surface area contributed by atoms with Gasteiger partial charge < -0.3 is 10.4 Å². The normalized spacial score (nSPS) is 12.0. The molecule has 0 saturated carbocycles. The Morgan fingerprint density at radius 3 is 2.57 bits per heavy atom. The number of hydrogen-bond acceptors (Lipinski definition) is 3. The van der Waals surface area contributed by atoms with Crippen LogP contribution in [0.4, 0.5) is 0 Å². The van der Waals surface area contributed by atoms with Gasteiger partial charge in [0.25, 0.3) is 5.91 Å². The fourth-order valence-corrected chi connectivity index (χ4v) is 2.03. The highest BCUT2D eigenvalue weighted by molar-refractivity contribution is 6.42. The van der Waals surface area contributed by atoms with Crippen LogP contribution in [0.3, 0.4) is 0 Å². The van der Waals surface area contributed by atoms with Crippen molar-refractivity contribution in [3.63, 3.8) is 0 Å². The van der Waals surface area contributed by atoms with Gasteiger partial charge in [0.15, 0.2) is 6.04 Å². The molecule has 1 atom stereocenters. The molecule has 0 bridgehead atoms. The van der Waals surface area contributed by atoms with Gasteiger partial charge in [0, 0.05) is 24.4 Å². The molecule has 0 fully saturated rings. The summed E-state index contributed by atoms with van der Waals surface area (Å²) in [4.78, 5) is 23.4. The van der Waals surface area contributed by atoms with Gasteiger partial charge in [-0.15, -0.1) is 0 Å². The maximum Gasteiger partial charge on any atom is 0.331 e. The molecule has 0 aliphatic rings. The predicted octanol–water partition coefficient (Wildman–Crippen LogP) is 2.28. The van der Waals surface area contributed by atoms with Gasteiger partial charge in [-0.2, -0.15) is 5.10 Å². The van der Waals surface area contributed by atoms with E-state index in [-0.39, 0.29) is 10.6 Å². The maximum atomic E-state index is 12.1. The summed E-state index contributed by atoms with van der Waals surface area (Å²) in [6, 6.07) is 3.12. The summed E-state index contributed by atoms with van der Waals surface area (Å²) in [7, 11) is 1.66. The van der Waals surface area contributed by atoms with E-state index in [9.17, 15) is 14.7 Å². The highest BCUT2D eigenvalue weighted by Crippen LogP contribution is 2.23. The average molecular weight is 328 g/mol. The molecule has 110 valence electrons. The number of nitrogens with zero attached hydrogens (tertiary/aromatic N) is 2. The predicted molar refractivity (Wildman–Crippen MR) is 77.5 cm³/mol. The van der Waals surface area contributed by atoms with Gasteiger partial charge in [-0.05, 0) is 18.2 Å². The highest BCUT2D eigenvalue weighted by Gasteiger charge is 2.24. The quantitative estimate of drug-likeness (QED) is 0.902. The SMILES string of the molecule is Cn1cc(C(NC(=O)c2ccc(Cl)c(Cl)c2)C(=O)O)cn1. The zero-order chi connectivity index (χ0) is 15.6. The number of halogens is 2. The van der Waals surface area contributed by atoms with Crippen molar-refractivity contribution in [1.82, 2.24) is 15.1 Å². The molecule has 1 aromatic heterocycles. The Kier molecular flexibility index (Phi) is 4.50. The van der Waals surface area contributed by atoms with Gasteiger partial charge >= 0.3 is 5.97 Å². The van der Waals surface area contributed by atoms with E-state index in [0.717, 1.165) is 0 Å². The summed E-state index contributed by atoms with van der Waals surface area (Å²) < 4.78 is 1.45. The molecule has 6 nitrogen and oxygen atoms in total. The Labute approximate surface area is 130 Å². The number of carboxylic acid groups (broad SMARTS) is 1. The van der Waals surface area contributed by atoms with E-state index < -0.39 is 17.9 Å². The van der Waals surface area contributed by atoms with E-state index in [1.165, 1.54) is 35.3 Å². The molecule has 0 saturated heterocycles. The number of carbonyl (C=O) groups excluding carboxylic acids is 1. The Bertz CT molecular complexity index is 700. The maximum absolute atomic E-state index is 12.1. The molecule has 1 unspecified atom stereocenters. The molecule has 2 rings (SSSR count). The first kappa shape index (κ1) is 15.3. The monoisotopic (exact) mass is 327 g/mol. The molecule has 2 aromatic rings. The van der Waals surface area contributed by atoms with Crippen molar-refractivity contribution in [3.8, 4) is 0 Å². The van der Waals surface area contributed by atoms with Gasteiger partial charge in [0.05, 0.1) is 16.2 Å². The zero-order valence-corrected chi connectivity index (χ0v) is 12.4. The number of nitrogens with one attached hydrogen (secondary N) is 1.